The molecule has 0 spiro atoms. The lowest BCUT2D eigenvalue weighted by Gasteiger charge is -2.21. The van der Waals surface area contributed by atoms with Gasteiger partial charge in [0.05, 0.1) is 0 Å². The minimum Gasteiger partial charge on any atom is -0.337 e. The molecule has 0 unspecified atom stereocenters. The van der Waals surface area contributed by atoms with Gasteiger partial charge in [-0.3, -0.25) is 4.79 Å². The highest BCUT2D eigenvalue weighted by atomic mass is 19.1. The van der Waals surface area contributed by atoms with E-state index in [-0.39, 0.29) is 17.8 Å². The lowest BCUT2D eigenvalue weighted by atomic mass is 10.1. The van der Waals surface area contributed by atoms with Crippen LogP contribution in [0, 0.1) is 12.7 Å². The van der Waals surface area contributed by atoms with Crippen molar-refractivity contribution in [3.05, 3.63) is 71.4 Å². The molecule has 2 aromatic carbocycles. The molecule has 6 heteroatoms. The molecule has 0 aliphatic carbocycles. The van der Waals surface area contributed by atoms with Crippen LogP contribution in [0.2, 0.25) is 0 Å². The number of rotatable bonds is 3. The molecule has 0 saturated carbocycles. The molecule has 0 radical (unpaired) electrons. The first-order chi connectivity index (χ1) is 12.6. The average Bonchev–Trinajstić information content (AvgIpc) is 3.31. The standard InChI is InChI=1S/C20H18FN3O2/c1-13-4-6-14(7-5-13)18-22-19(26-23-18)17-3-2-12-24(17)20(25)15-8-10-16(21)11-9-15/h4-11,17H,2-3,12H2,1H3/t17-/m0/s1. The predicted octanol–water partition coefficient (Wildman–Crippen LogP) is 4.16. The zero-order valence-corrected chi connectivity index (χ0v) is 14.4. The summed E-state index contributed by atoms with van der Waals surface area (Å²) in [6, 6.07) is 13.2. The van der Waals surface area contributed by atoms with Gasteiger partial charge < -0.3 is 9.42 Å². The predicted molar refractivity (Wildman–Crippen MR) is 93.9 cm³/mol. The number of nitrogens with zero attached hydrogens (tertiary/aromatic N) is 3. The van der Waals surface area contributed by atoms with Gasteiger partial charge in [0.2, 0.25) is 11.7 Å². The average molecular weight is 351 g/mol. The highest BCUT2D eigenvalue weighted by molar-refractivity contribution is 5.94. The van der Waals surface area contributed by atoms with Crippen molar-refractivity contribution in [3.8, 4) is 11.4 Å². The molecule has 1 fully saturated rings. The van der Waals surface area contributed by atoms with Crippen LogP contribution >= 0.6 is 0 Å². The first kappa shape index (κ1) is 16.4. The van der Waals surface area contributed by atoms with E-state index in [9.17, 15) is 9.18 Å². The van der Waals surface area contributed by atoms with Crippen molar-refractivity contribution in [1.29, 1.82) is 0 Å². The number of amides is 1. The Morgan fingerprint density at radius 3 is 2.62 bits per heavy atom. The van der Waals surface area contributed by atoms with Gasteiger partial charge in [0.25, 0.3) is 5.91 Å². The van der Waals surface area contributed by atoms with E-state index in [1.807, 2.05) is 31.2 Å². The smallest absolute Gasteiger partial charge is 0.254 e. The fraction of sp³-hybridized carbons (Fsp3) is 0.250. The normalized spacial score (nSPS) is 16.8. The third-order valence-electron chi connectivity index (χ3n) is 4.64. The Morgan fingerprint density at radius 1 is 1.15 bits per heavy atom. The summed E-state index contributed by atoms with van der Waals surface area (Å²) in [5, 5.41) is 4.07. The summed E-state index contributed by atoms with van der Waals surface area (Å²) < 4.78 is 18.6. The van der Waals surface area contributed by atoms with Crippen LogP contribution in [0.25, 0.3) is 11.4 Å². The van der Waals surface area contributed by atoms with Crippen LogP contribution in [0.15, 0.2) is 53.1 Å². The summed E-state index contributed by atoms with van der Waals surface area (Å²) in [4.78, 5) is 19.0. The highest BCUT2D eigenvalue weighted by Gasteiger charge is 2.34. The number of hydrogen-bond acceptors (Lipinski definition) is 4. The number of halogens is 1. The zero-order valence-electron chi connectivity index (χ0n) is 14.4. The van der Waals surface area contributed by atoms with E-state index in [1.54, 1.807) is 4.90 Å². The van der Waals surface area contributed by atoms with Crippen LogP contribution in [0.5, 0.6) is 0 Å². The number of carbonyl (C=O) groups is 1. The minimum absolute atomic E-state index is 0.150. The summed E-state index contributed by atoms with van der Waals surface area (Å²) in [5.74, 6) is 0.441. The largest absolute Gasteiger partial charge is 0.337 e. The fourth-order valence-electron chi connectivity index (χ4n) is 3.22. The van der Waals surface area contributed by atoms with Gasteiger partial charge in [-0.05, 0) is 44.0 Å². The van der Waals surface area contributed by atoms with E-state index in [1.165, 1.54) is 24.3 Å². The number of benzene rings is 2. The summed E-state index contributed by atoms with van der Waals surface area (Å²) in [5.41, 5.74) is 2.49. The molecular weight excluding hydrogens is 333 g/mol. The molecule has 1 atom stereocenters. The lowest BCUT2D eigenvalue weighted by Crippen LogP contribution is -2.30. The van der Waals surface area contributed by atoms with Gasteiger partial charge in [-0.2, -0.15) is 4.98 Å². The molecule has 1 aromatic heterocycles. The molecule has 1 aliphatic heterocycles. The van der Waals surface area contributed by atoms with E-state index in [0.717, 1.165) is 24.0 Å². The Hall–Kier alpha value is -3.02. The minimum atomic E-state index is -0.362. The van der Waals surface area contributed by atoms with E-state index in [2.05, 4.69) is 10.1 Å². The van der Waals surface area contributed by atoms with Gasteiger partial charge in [0.15, 0.2) is 0 Å². The maximum absolute atomic E-state index is 13.1. The molecule has 4 rings (SSSR count). The summed E-state index contributed by atoms with van der Waals surface area (Å²) in [7, 11) is 0. The topological polar surface area (TPSA) is 59.2 Å². The molecule has 1 aliphatic rings. The van der Waals surface area contributed by atoms with Crippen LogP contribution in [-0.4, -0.2) is 27.5 Å². The second-order valence-corrected chi connectivity index (χ2v) is 6.49. The molecule has 0 N–H and O–H groups in total. The second kappa shape index (κ2) is 6.71. The van der Waals surface area contributed by atoms with Crippen molar-refractivity contribution in [2.75, 3.05) is 6.54 Å². The third kappa shape index (κ3) is 3.10. The molecule has 3 aromatic rings. The van der Waals surface area contributed by atoms with Gasteiger partial charge >= 0.3 is 0 Å². The van der Waals surface area contributed by atoms with Gasteiger partial charge in [-0.25, -0.2) is 4.39 Å². The van der Waals surface area contributed by atoms with E-state index in [4.69, 9.17) is 4.52 Å². The van der Waals surface area contributed by atoms with Crippen LogP contribution in [0.3, 0.4) is 0 Å². The van der Waals surface area contributed by atoms with Crippen molar-refractivity contribution in [2.45, 2.75) is 25.8 Å². The molecular formula is C20H18FN3O2. The maximum atomic E-state index is 13.1. The Bertz CT molecular complexity index is 919. The highest BCUT2D eigenvalue weighted by Crippen LogP contribution is 2.33. The Morgan fingerprint density at radius 2 is 1.88 bits per heavy atom. The molecule has 1 amide bonds. The second-order valence-electron chi connectivity index (χ2n) is 6.49. The number of likely N-dealkylation sites (tertiary alicyclic amines) is 1. The van der Waals surface area contributed by atoms with Crippen LogP contribution in [-0.2, 0) is 0 Å². The van der Waals surface area contributed by atoms with Gasteiger partial charge in [-0.1, -0.05) is 35.0 Å². The molecule has 0 bridgehead atoms. The monoisotopic (exact) mass is 351 g/mol. The van der Waals surface area contributed by atoms with E-state index in [0.29, 0.717) is 23.8 Å². The fourth-order valence-corrected chi connectivity index (χ4v) is 3.22. The molecule has 132 valence electrons. The van der Waals surface area contributed by atoms with Gasteiger partial charge in [-0.15, -0.1) is 0 Å². The van der Waals surface area contributed by atoms with E-state index >= 15 is 0 Å². The summed E-state index contributed by atoms with van der Waals surface area (Å²) in [6.45, 7) is 2.63. The summed E-state index contributed by atoms with van der Waals surface area (Å²) in [6.07, 6.45) is 1.63. The SMILES string of the molecule is Cc1ccc(-c2noc([C@@H]3CCCN3C(=O)c3ccc(F)cc3)n2)cc1. The van der Waals surface area contributed by atoms with Gasteiger partial charge in [0.1, 0.15) is 11.9 Å². The Labute approximate surface area is 150 Å². The first-order valence-electron chi connectivity index (χ1n) is 8.59. The van der Waals surface area contributed by atoms with Crippen molar-refractivity contribution in [1.82, 2.24) is 15.0 Å². The zero-order chi connectivity index (χ0) is 18.1. The molecule has 26 heavy (non-hydrogen) atoms. The first-order valence-corrected chi connectivity index (χ1v) is 8.59. The number of aromatic nitrogens is 2. The van der Waals surface area contributed by atoms with Crippen LogP contribution in [0.4, 0.5) is 4.39 Å². The van der Waals surface area contributed by atoms with Crippen molar-refractivity contribution >= 4 is 5.91 Å². The van der Waals surface area contributed by atoms with Gasteiger partial charge in [0, 0.05) is 17.7 Å². The third-order valence-corrected chi connectivity index (χ3v) is 4.64. The van der Waals surface area contributed by atoms with Crippen LogP contribution < -0.4 is 0 Å². The maximum Gasteiger partial charge on any atom is 0.254 e. The van der Waals surface area contributed by atoms with Crippen molar-refractivity contribution in [2.24, 2.45) is 0 Å². The molecule has 1 saturated heterocycles. The number of carbonyl (C=O) groups excluding carboxylic acids is 1. The number of aryl methyl sites for hydroxylation is 1. The van der Waals surface area contributed by atoms with E-state index < -0.39 is 0 Å². The van der Waals surface area contributed by atoms with Crippen molar-refractivity contribution < 1.29 is 13.7 Å². The van der Waals surface area contributed by atoms with Crippen LogP contribution in [0.1, 0.15) is 40.7 Å². The van der Waals surface area contributed by atoms with Crippen molar-refractivity contribution in [3.63, 3.8) is 0 Å². The quantitative estimate of drug-likeness (QED) is 0.711. The number of hydrogen-bond donors (Lipinski definition) is 0. The molecule has 5 nitrogen and oxygen atoms in total. The molecule has 2 heterocycles. The lowest BCUT2D eigenvalue weighted by molar-refractivity contribution is 0.0710. The Kier molecular flexibility index (Phi) is 4.24. The Balaban J connectivity index is 1.58. The summed E-state index contributed by atoms with van der Waals surface area (Å²) >= 11 is 0.